The maximum absolute atomic E-state index is 13.6. The van der Waals surface area contributed by atoms with Crippen LogP contribution in [0.3, 0.4) is 0 Å². The molecule has 0 spiro atoms. The summed E-state index contributed by atoms with van der Waals surface area (Å²) in [5.74, 6) is 1.78. The number of urea groups is 1. The number of hydrogen-bond acceptors (Lipinski definition) is 6. The number of hydrogen-bond donors (Lipinski definition) is 3. The number of carbonyl (C=O) groups is 2. The van der Waals surface area contributed by atoms with Gasteiger partial charge in [-0.3, -0.25) is 9.69 Å². The van der Waals surface area contributed by atoms with Crippen LogP contribution in [0, 0.1) is 5.92 Å². The highest BCUT2D eigenvalue weighted by Crippen LogP contribution is 2.31. The van der Waals surface area contributed by atoms with Crippen LogP contribution in [0.4, 0.5) is 10.5 Å². The molecule has 0 radical (unpaired) electrons. The Morgan fingerprint density at radius 2 is 1.76 bits per heavy atom. The van der Waals surface area contributed by atoms with Gasteiger partial charge in [0.1, 0.15) is 23.4 Å². The SMILES string of the molecule is CC(C)NC(=O)Nc1ccc2c(c1)C(=O)N([C@@H](C)CO)C[C@@H](C)[C@H](CN(C)Cc1ccc(Oc3ccccc3)cc1)O2. The minimum atomic E-state index is -0.373. The van der Waals surface area contributed by atoms with E-state index in [1.807, 2.05) is 70.3 Å². The van der Waals surface area contributed by atoms with Crippen molar-refractivity contribution in [1.29, 1.82) is 0 Å². The third kappa shape index (κ3) is 8.24. The van der Waals surface area contributed by atoms with Gasteiger partial charge >= 0.3 is 6.03 Å². The van der Waals surface area contributed by atoms with Crippen LogP contribution in [0.25, 0.3) is 0 Å². The summed E-state index contributed by atoms with van der Waals surface area (Å²) in [4.78, 5) is 29.8. The number of amides is 3. The second-order valence-corrected chi connectivity index (χ2v) is 11.3. The van der Waals surface area contributed by atoms with E-state index in [2.05, 4.69) is 34.6 Å². The number of carbonyl (C=O) groups excluding carboxylic acids is 2. The minimum Gasteiger partial charge on any atom is -0.488 e. The first-order valence-corrected chi connectivity index (χ1v) is 14.4. The van der Waals surface area contributed by atoms with E-state index in [0.29, 0.717) is 36.6 Å². The molecule has 9 heteroatoms. The smallest absolute Gasteiger partial charge is 0.319 e. The first kappa shape index (κ1) is 30.9. The Bertz CT molecular complexity index is 1330. The minimum absolute atomic E-state index is 0.00480. The predicted octanol–water partition coefficient (Wildman–Crippen LogP) is 5.36. The molecule has 0 fully saturated rings. The first-order valence-electron chi connectivity index (χ1n) is 14.4. The molecule has 0 aliphatic carbocycles. The molecule has 224 valence electrons. The fraction of sp³-hybridized carbons (Fsp3) is 0.394. The monoisotopic (exact) mass is 574 g/mol. The molecule has 0 aromatic heterocycles. The van der Waals surface area contributed by atoms with E-state index >= 15 is 0 Å². The lowest BCUT2D eigenvalue weighted by Gasteiger charge is -2.38. The molecule has 42 heavy (non-hydrogen) atoms. The van der Waals surface area contributed by atoms with E-state index in [1.165, 1.54) is 0 Å². The van der Waals surface area contributed by atoms with Crippen LogP contribution in [0.15, 0.2) is 72.8 Å². The summed E-state index contributed by atoms with van der Waals surface area (Å²) in [7, 11) is 2.05. The Balaban J connectivity index is 1.49. The van der Waals surface area contributed by atoms with Gasteiger partial charge in [0, 0.05) is 37.3 Å². The summed E-state index contributed by atoms with van der Waals surface area (Å²) in [6, 6.07) is 22.1. The van der Waals surface area contributed by atoms with Crippen molar-refractivity contribution < 1.29 is 24.2 Å². The summed E-state index contributed by atoms with van der Waals surface area (Å²) in [6.07, 6.45) is -0.223. The van der Waals surface area contributed by atoms with E-state index in [9.17, 15) is 14.7 Å². The average molecular weight is 575 g/mol. The third-order valence-corrected chi connectivity index (χ3v) is 7.19. The molecule has 3 atom stereocenters. The van der Waals surface area contributed by atoms with Gasteiger partial charge in [0.05, 0.1) is 18.2 Å². The Hall–Kier alpha value is -4.08. The highest BCUT2D eigenvalue weighted by Gasteiger charge is 2.33. The number of para-hydroxylation sites is 1. The maximum atomic E-state index is 13.6. The van der Waals surface area contributed by atoms with Crippen LogP contribution in [-0.2, 0) is 6.54 Å². The summed E-state index contributed by atoms with van der Waals surface area (Å²) < 4.78 is 12.4. The van der Waals surface area contributed by atoms with Crippen molar-refractivity contribution in [3.8, 4) is 17.2 Å². The highest BCUT2D eigenvalue weighted by atomic mass is 16.5. The number of aliphatic hydroxyl groups excluding tert-OH is 1. The number of nitrogens with one attached hydrogen (secondary N) is 2. The number of rotatable bonds is 10. The topological polar surface area (TPSA) is 103 Å². The summed E-state index contributed by atoms with van der Waals surface area (Å²) >= 11 is 0. The molecule has 9 nitrogen and oxygen atoms in total. The average Bonchev–Trinajstić information content (AvgIpc) is 2.96. The van der Waals surface area contributed by atoms with E-state index in [0.717, 1.165) is 17.1 Å². The lowest BCUT2D eigenvalue weighted by Crippen LogP contribution is -2.49. The fourth-order valence-electron chi connectivity index (χ4n) is 4.92. The van der Waals surface area contributed by atoms with Crippen LogP contribution in [0.5, 0.6) is 17.2 Å². The number of nitrogens with zero attached hydrogens (tertiary/aromatic N) is 2. The lowest BCUT2D eigenvalue weighted by molar-refractivity contribution is 0.0341. The predicted molar refractivity (Wildman–Crippen MR) is 164 cm³/mol. The number of benzene rings is 3. The van der Waals surface area contributed by atoms with Gasteiger partial charge in [0.2, 0.25) is 0 Å². The van der Waals surface area contributed by atoms with Gasteiger partial charge in [-0.25, -0.2) is 4.79 Å². The lowest BCUT2D eigenvalue weighted by atomic mass is 9.99. The molecule has 1 heterocycles. The van der Waals surface area contributed by atoms with E-state index in [1.54, 1.807) is 23.1 Å². The van der Waals surface area contributed by atoms with Crippen molar-refractivity contribution in [3.05, 3.63) is 83.9 Å². The molecular weight excluding hydrogens is 532 g/mol. The molecule has 3 aromatic rings. The second-order valence-electron chi connectivity index (χ2n) is 11.3. The molecule has 3 amide bonds. The number of fused-ring (bicyclic) bond motifs is 1. The number of anilines is 1. The van der Waals surface area contributed by atoms with Crippen LogP contribution < -0.4 is 20.1 Å². The zero-order valence-corrected chi connectivity index (χ0v) is 25.0. The van der Waals surface area contributed by atoms with Crippen molar-refractivity contribution in [1.82, 2.24) is 15.1 Å². The maximum Gasteiger partial charge on any atom is 0.319 e. The van der Waals surface area contributed by atoms with Crippen molar-refractivity contribution in [3.63, 3.8) is 0 Å². The molecule has 1 aliphatic heterocycles. The molecule has 1 aliphatic rings. The Kier molecular flexibility index (Phi) is 10.4. The largest absolute Gasteiger partial charge is 0.488 e. The molecule has 0 saturated heterocycles. The van der Waals surface area contributed by atoms with Crippen LogP contribution in [0.1, 0.15) is 43.6 Å². The molecule has 0 saturated carbocycles. The summed E-state index contributed by atoms with van der Waals surface area (Å²) in [5, 5.41) is 15.5. The van der Waals surface area contributed by atoms with Crippen molar-refractivity contribution in [2.75, 3.05) is 32.1 Å². The van der Waals surface area contributed by atoms with Gasteiger partial charge in [-0.2, -0.15) is 0 Å². The zero-order valence-electron chi connectivity index (χ0n) is 25.0. The molecular formula is C33H42N4O5. The molecule has 0 bridgehead atoms. The van der Waals surface area contributed by atoms with Crippen molar-refractivity contribution in [2.45, 2.75) is 52.4 Å². The van der Waals surface area contributed by atoms with Gasteiger partial charge in [0.15, 0.2) is 0 Å². The Morgan fingerprint density at radius 3 is 2.43 bits per heavy atom. The van der Waals surface area contributed by atoms with Gasteiger partial charge < -0.3 is 30.1 Å². The van der Waals surface area contributed by atoms with Gasteiger partial charge in [-0.15, -0.1) is 0 Å². The van der Waals surface area contributed by atoms with E-state index in [4.69, 9.17) is 9.47 Å². The quantitative estimate of drug-likeness (QED) is 0.301. The van der Waals surface area contributed by atoms with Gasteiger partial charge in [0.25, 0.3) is 5.91 Å². The fourth-order valence-corrected chi connectivity index (χ4v) is 4.92. The molecule has 4 rings (SSSR count). The van der Waals surface area contributed by atoms with E-state index < -0.39 is 0 Å². The molecule has 3 aromatic carbocycles. The van der Waals surface area contributed by atoms with Crippen LogP contribution in [0.2, 0.25) is 0 Å². The Morgan fingerprint density at radius 1 is 1.07 bits per heavy atom. The number of likely N-dealkylation sites (N-methyl/N-ethyl adjacent to an activating group) is 1. The summed E-state index contributed by atoms with van der Waals surface area (Å²) in [5.41, 5.74) is 1.98. The standard InChI is InChI=1S/C33H42N4O5/c1-22(2)34-33(40)35-26-13-16-30-29(17-26)32(39)37(24(4)21-38)18-23(3)31(42-30)20-36(5)19-25-11-14-28(15-12-25)41-27-9-7-6-8-10-27/h6-17,22-24,31,38H,18-21H2,1-5H3,(H2,34,35,40)/t23-,24+,31+/m1/s1. The molecule has 0 unspecified atom stereocenters. The second kappa shape index (κ2) is 14.2. The number of ether oxygens (including phenoxy) is 2. The van der Waals surface area contributed by atoms with Crippen molar-refractivity contribution >= 4 is 17.6 Å². The summed E-state index contributed by atoms with van der Waals surface area (Å²) in [6.45, 7) is 9.24. The highest BCUT2D eigenvalue weighted by molar-refractivity contribution is 5.99. The zero-order chi connectivity index (χ0) is 30.2. The normalized spacial score (nSPS) is 17.6. The molecule has 3 N–H and O–H groups in total. The van der Waals surface area contributed by atoms with Gasteiger partial charge in [-0.1, -0.05) is 37.3 Å². The van der Waals surface area contributed by atoms with Crippen LogP contribution in [-0.4, -0.2) is 71.8 Å². The Labute approximate surface area is 248 Å². The third-order valence-electron chi connectivity index (χ3n) is 7.19. The first-order chi connectivity index (χ1) is 20.1. The van der Waals surface area contributed by atoms with E-state index in [-0.39, 0.29) is 42.7 Å². The van der Waals surface area contributed by atoms with Crippen molar-refractivity contribution in [2.24, 2.45) is 5.92 Å². The van der Waals surface area contributed by atoms with Gasteiger partial charge in [-0.05, 0) is 75.8 Å². The number of aliphatic hydroxyl groups is 1. The van der Waals surface area contributed by atoms with Crippen LogP contribution >= 0.6 is 0 Å².